The van der Waals surface area contributed by atoms with E-state index < -0.39 is 12.1 Å². The summed E-state index contributed by atoms with van der Waals surface area (Å²) >= 11 is 0. The average Bonchev–Trinajstić information content (AvgIpc) is 2.39. The molecule has 0 unspecified atom stereocenters. The molecule has 0 aliphatic heterocycles. The molecule has 0 radical (unpaired) electrons. The van der Waals surface area contributed by atoms with Crippen molar-refractivity contribution in [3.8, 4) is 11.8 Å². The van der Waals surface area contributed by atoms with Crippen LogP contribution < -0.4 is 0 Å². The highest BCUT2D eigenvalue weighted by molar-refractivity contribution is 5.71. The van der Waals surface area contributed by atoms with Crippen molar-refractivity contribution >= 4 is 5.97 Å². The van der Waals surface area contributed by atoms with Crippen LogP contribution in [0, 0.1) is 11.8 Å². The number of aliphatic hydroxyl groups is 1. The van der Waals surface area contributed by atoms with Gasteiger partial charge in [0.2, 0.25) is 0 Å². The Bertz CT molecular complexity index is 275. The highest BCUT2D eigenvalue weighted by atomic mass is 16.4. The van der Waals surface area contributed by atoms with E-state index in [1.807, 2.05) is 0 Å². The minimum absolute atomic E-state index is 0.222. The van der Waals surface area contributed by atoms with Crippen molar-refractivity contribution in [1.82, 2.24) is 0 Å². The van der Waals surface area contributed by atoms with E-state index in [1.165, 1.54) is 44.9 Å². The summed E-state index contributed by atoms with van der Waals surface area (Å²) in [7, 11) is 0. The van der Waals surface area contributed by atoms with Crippen LogP contribution in [0.25, 0.3) is 0 Å². The standard InChI is InChI=1S/C16H28O3/c1-2-3-4-5-6-7-8-9-10-11-12-13-14-15(17)16(18)19/h15,17H,2-10,13-14H2,1H3,(H,18,19)/t15-/m1/s1. The molecule has 0 saturated carbocycles. The second-order valence-electron chi connectivity index (χ2n) is 4.97. The molecule has 0 heterocycles. The molecule has 1 atom stereocenters. The average molecular weight is 268 g/mol. The van der Waals surface area contributed by atoms with Gasteiger partial charge in [-0.1, -0.05) is 51.9 Å². The molecule has 0 aromatic rings. The molecule has 0 spiro atoms. The molecule has 3 heteroatoms. The van der Waals surface area contributed by atoms with E-state index in [0.29, 0.717) is 6.42 Å². The van der Waals surface area contributed by atoms with Gasteiger partial charge in [0.1, 0.15) is 0 Å². The van der Waals surface area contributed by atoms with Gasteiger partial charge < -0.3 is 10.2 Å². The lowest BCUT2D eigenvalue weighted by Gasteiger charge is -2.00. The molecule has 2 N–H and O–H groups in total. The number of carboxylic acid groups (broad SMARTS) is 1. The van der Waals surface area contributed by atoms with Crippen LogP contribution in [-0.4, -0.2) is 22.3 Å². The van der Waals surface area contributed by atoms with E-state index in [2.05, 4.69) is 18.8 Å². The van der Waals surface area contributed by atoms with Crippen LogP contribution in [0.3, 0.4) is 0 Å². The van der Waals surface area contributed by atoms with E-state index in [4.69, 9.17) is 10.2 Å². The van der Waals surface area contributed by atoms with Crippen LogP contribution in [0.2, 0.25) is 0 Å². The number of rotatable bonds is 11. The summed E-state index contributed by atoms with van der Waals surface area (Å²) in [6.45, 7) is 2.23. The first-order chi connectivity index (χ1) is 9.18. The second-order valence-corrected chi connectivity index (χ2v) is 4.97. The van der Waals surface area contributed by atoms with Crippen LogP contribution in [0.4, 0.5) is 0 Å². The lowest BCUT2D eigenvalue weighted by atomic mass is 10.1. The summed E-state index contributed by atoms with van der Waals surface area (Å²) < 4.78 is 0. The van der Waals surface area contributed by atoms with Gasteiger partial charge in [-0.15, -0.1) is 11.8 Å². The Morgan fingerprint density at radius 2 is 1.47 bits per heavy atom. The van der Waals surface area contributed by atoms with Crippen molar-refractivity contribution < 1.29 is 15.0 Å². The fraction of sp³-hybridized carbons (Fsp3) is 0.812. The predicted octanol–water partition coefficient (Wildman–Crippen LogP) is 3.75. The third kappa shape index (κ3) is 13.2. The third-order valence-electron chi connectivity index (χ3n) is 3.11. The summed E-state index contributed by atoms with van der Waals surface area (Å²) in [4.78, 5) is 10.3. The van der Waals surface area contributed by atoms with Crippen molar-refractivity contribution in [3.05, 3.63) is 0 Å². The molecule has 0 aromatic heterocycles. The summed E-state index contributed by atoms with van der Waals surface area (Å²) in [5.41, 5.74) is 0. The predicted molar refractivity (Wildman–Crippen MR) is 77.9 cm³/mol. The first-order valence-corrected chi connectivity index (χ1v) is 7.55. The van der Waals surface area contributed by atoms with Crippen LogP contribution in [0.1, 0.15) is 77.6 Å². The Kier molecular flexibility index (Phi) is 12.7. The zero-order chi connectivity index (χ0) is 14.3. The van der Waals surface area contributed by atoms with Crippen molar-refractivity contribution in [1.29, 1.82) is 0 Å². The highest BCUT2D eigenvalue weighted by Gasteiger charge is 2.10. The van der Waals surface area contributed by atoms with E-state index in [-0.39, 0.29) is 6.42 Å². The summed E-state index contributed by atoms with van der Waals surface area (Å²) in [5, 5.41) is 17.5. The zero-order valence-electron chi connectivity index (χ0n) is 12.2. The van der Waals surface area contributed by atoms with Crippen LogP contribution in [-0.2, 0) is 4.79 Å². The van der Waals surface area contributed by atoms with Crippen molar-refractivity contribution in [3.63, 3.8) is 0 Å². The minimum Gasteiger partial charge on any atom is -0.479 e. The minimum atomic E-state index is -1.27. The fourth-order valence-corrected chi connectivity index (χ4v) is 1.86. The lowest BCUT2D eigenvalue weighted by Crippen LogP contribution is -2.18. The maximum atomic E-state index is 10.3. The quantitative estimate of drug-likeness (QED) is 0.443. The first kappa shape index (κ1) is 18.0. The normalized spacial score (nSPS) is 11.7. The molecule has 0 bridgehead atoms. The molecule has 19 heavy (non-hydrogen) atoms. The molecule has 0 aromatic carbocycles. The Balaban J connectivity index is 3.24. The number of hydrogen-bond donors (Lipinski definition) is 2. The molecule has 3 nitrogen and oxygen atoms in total. The Hall–Kier alpha value is -1.01. The lowest BCUT2D eigenvalue weighted by molar-refractivity contribution is -0.146. The maximum absolute atomic E-state index is 10.3. The van der Waals surface area contributed by atoms with Gasteiger partial charge in [-0.25, -0.2) is 4.79 Å². The molecular formula is C16H28O3. The number of unbranched alkanes of at least 4 members (excludes halogenated alkanes) is 8. The van der Waals surface area contributed by atoms with Crippen molar-refractivity contribution in [2.75, 3.05) is 0 Å². The molecule has 0 saturated heterocycles. The molecule has 0 rings (SSSR count). The summed E-state index contributed by atoms with van der Waals surface area (Å²) in [5.74, 6) is 4.79. The number of aliphatic carboxylic acids is 1. The van der Waals surface area contributed by atoms with Gasteiger partial charge in [0.25, 0.3) is 0 Å². The van der Waals surface area contributed by atoms with Crippen molar-refractivity contribution in [2.45, 2.75) is 83.7 Å². The number of carboxylic acids is 1. The molecular weight excluding hydrogens is 240 g/mol. The summed E-state index contributed by atoms with van der Waals surface area (Å²) in [6.07, 6.45) is 10.7. The van der Waals surface area contributed by atoms with Gasteiger partial charge in [0.05, 0.1) is 0 Å². The Morgan fingerprint density at radius 3 is 2.05 bits per heavy atom. The van der Waals surface area contributed by atoms with E-state index in [9.17, 15) is 4.79 Å². The Morgan fingerprint density at radius 1 is 0.947 bits per heavy atom. The SMILES string of the molecule is CCCCCCCCCCC#CCC[C@@H](O)C(=O)O. The van der Waals surface area contributed by atoms with Crippen LogP contribution >= 0.6 is 0 Å². The fourth-order valence-electron chi connectivity index (χ4n) is 1.86. The van der Waals surface area contributed by atoms with Crippen molar-refractivity contribution in [2.24, 2.45) is 0 Å². The van der Waals surface area contributed by atoms with Gasteiger partial charge in [0, 0.05) is 12.8 Å². The first-order valence-electron chi connectivity index (χ1n) is 7.55. The number of carbonyl (C=O) groups is 1. The monoisotopic (exact) mass is 268 g/mol. The Labute approximate surface area is 117 Å². The van der Waals surface area contributed by atoms with E-state index in [1.54, 1.807) is 0 Å². The second kappa shape index (κ2) is 13.4. The van der Waals surface area contributed by atoms with Crippen LogP contribution in [0.15, 0.2) is 0 Å². The van der Waals surface area contributed by atoms with Gasteiger partial charge in [0.15, 0.2) is 6.10 Å². The smallest absolute Gasteiger partial charge is 0.332 e. The summed E-state index contributed by atoms with van der Waals surface area (Å²) in [6, 6.07) is 0. The van der Waals surface area contributed by atoms with Crippen LogP contribution in [0.5, 0.6) is 0 Å². The number of hydrogen-bond acceptors (Lipinski definition) is 2. The molecule has 0 fully saturated rings. The molecule has 110 valence electrons. The number of aliphatic hydroxyl groups excluding tert-OH is 1. The molecule has 0 aliphatic carbocycles. The van der Waals surface area contributed by atoms with Gasteiger partial charge in [-0.2, -0.15) is 0 Å². The highest BCUT2D eigenvalue weighted by Crippen LogP contribution is 2.09. The van der Waals surface area contributed by atoms with Gasteiger partial charge in [-0.3, -0.25) is 0 Å². The maximum Gasteiger partial charge on any atom is 0.332 e. The van der Waals surface area contributed by atoms with E-state index in [0.717, 1.165) is 12.8 Å². The third-order valence-corrected chi connectivity index (χ3v) is 3.11. The van der Waals surface area contributed by atoms with Gasteiger partial charge in [-0.05, 0) is 12.8 Å². The molecule has 0 aliphatic rings. The topological polar surface area (TPSA) is 57.5 Å². The molecule has 0 amide bonds. The zero-order valence-corrected chi connectivity index (χ0v) is 12.2. The van der Waals surface area contributed by atoms with Gasteiger partial charge >= 0.3 is 5.97 Å². The van der Waals surface area contributed by atoms with E-state index >= 15 is 0 Å². The largest absolute Gasteiger partial charge is 0.479 e.